The highest BCUT2D eigenvalue weighted by Gasteiger charge is 2.14. The van der Waals surface area contributed by atoms with E-state index < -0.39 is 0 Å². The van der Waals surface area contributed by atoms with Crippen LogP contribution in [0, 0.1) is 13.8 Å². The summed E-state index contributed by atoms with van der Waals surface area (Å²) in [5.74, 6) is 0.881. The second-order valence-electron chi connectivity index (χ2n) is 4.51. The first-order valence-electron chi connectivity index (χ1n) is 6.07. The monoisotopic (exact) mass is 272 g/mol. The molecule has 19 heavy (non-hydrogen) atoms. The van der Waals surface area contributed by atoms with E-state index in [9.17, 15) is 0 Å². The van der Waals surface area contributed by atoms with E-state index in [-0.39, 0.29) is 0 Å². The number of aryl methyl sites for hydroxylation is 2. The molecule has 0 saturated carbocycles. The van der Waals surface area contributed by atoms with Gasteiger partial charge in [-0.05, 0) is 19.4 Å². The van der Waals surface area contributed by atoms with Gasteiger partial charge in [0.05, 0.1) is 5.69 Å². The van der Waals surface area contributed by atoms with Crippen molar-refractivity contribution >= 4 is 17.2 Å². The maximum Gasteiger partial charge on any atom is 0.198 e. The third-order valence-corrected chi connectivity index (χ3v) is 3.50. The van der Waals surface area contributed by atoms with Crippen LogP contribution in [0.5, 0.6) is 0 Å². The summed E-state index contributed by atoms with van der Waals surface area (Å²) < 4.78 is 1.98. The minimum absolute atomic E-state index is 0.398. The molecule has 1 aromatic carbocycles. The summed E-state index contributed by atoms with van der Waals surface area (Å²) in [5, 5.41) is 8.77. The Kier molecular flexibility index (Phi) is 2.95. The van der Waals surface area contributed by atoms with Gasteiger partial charge in [-0.3, -0.25) is 4.40 Å². The molecule has 4 nitrogen and oxygen atoms in total. The molecule has 5 heteroatoms. The molecule has 3 aromatic rings. The summed E-state index contributed by atoms with van der Waals surface area (Å²) in [6.07, 6.45) is 0.725. The molecular weight excluding hydrogens is 260 g/mol. The molecule has 3 rings (SSSR count). The van der Waals surface area contributed by atoms with Crippen molar-refractivity contribution in [1.29, 1.82) is 0 Å². The van der Waals surface area contributed by atoms with Crippen LogP contribution in [-0.4, -0.2) is 19.6 Å². The zero-order valence-electron chi connectivity index (χ0n) is 10.8. The third kappa shape index (κ3) is 2.08. The summed E-state index contributed by atoms with van der Waals surface area (Å²) in [7, 11) is 0. The average molecular weight is 273 g/mol. The smallest absolute Gasteiger partial charge is 0.198 e. The van der Waals surface area contributed by atoms with Crippen LogP contribution in [0.3, 0.4) is 0 Å². The number of hydrogen-bond acceptors (Lipinski definition) is 3. The van der Waals surface area contributed by atoms with E-state index >= 15 is 0 Å². The topological polar surface area (TPSA) is 43.1 Å². The van der Waals surface area contributed by atoms with E-state index in [2.05, 4.69) is 27.3 Å². The Morgan fingerprint density at radius 2 is 1.84 bits per heavy atom. The predicted octanol–water partition coefficient (Wildman–Crippen LogP) is 2.99. The van der Waals surface area contributed by atoms with E-state index in [0.717, 1.165) is 23.6 Å². The molecule has 0 aliphatic carbocycles. The number of nitrogens with zero attached hydrogens (tertiary/aromatic N) is 4. The lowest BCUT2D eigenvalue weighted by molar-refractivity contribution is 0.896. The van der Waals surface area contributed by atoms with Crippen LogP contribution in [0.25, 0.3) is 5.65 Å². The second kappa shape index (κ2) is 4.63. The van der Waals surface area contributed by atoms with Gasteiger partial charge in [0.25, 0.3) is 0 Å². The van der Waals surface area contributed by atoms with Crippen molar-refractivity contribution in [2.24, 2.45) is 0 Å². The zero-order chi connectivity index (χ0) is 13.4. The molecule has 0 spiro atoms. The molecule has 0 saturated heterocycles. The maximum atomic E-state index is 6.12. The van der Waals surface area contributed by atoms with Crippen molar-refractivity contribution in [1.82, 2.24) is 19.6 Å². The highest BCUT2D eigenvalue weighted by molar-refractivity contribution is 6.32. The number of halogens is 1. The first-order chi connectivity index (χ1) is 9.16. The quantitative estimate of drug-likeness (QED) is 0.720. The SMILES string of the molecule is Cc1nc(Cl)c2nnc(Cc3ccccc3)n2c1C. The van der Waals surface area contributed by atoms with Gasteiger partial charge in [0, 0.05) is 12.1 Å². The fourth-order valence-electron chi connectivity index (χ4n) is 2.14. The summed E-state index contributed by atoms with van der Waals surface area (Å²) in [5.41, 5.74) is 3.74. The molecule has 2 aromatic heterocycles. The normalized spacial score (nSPS) is 11.1. The molecule has 0 N–H and O–H groups in total. The van der Waals surface area contributed by atoms with E-state index in [0.29, 0.717) is 10.8 Å². The fraction of sp³-hybridized carbons (Fsp3) is 0.214. The number of aromatic nitrogens is 4. The average Bonchev–Trinajstić information content (AvgIpc) is 2.82. The van der Waals surface area contributed by atoms with Crippen LogP contribution in [-0.2, 0) is 6.42 Å². The zero-order valence-corrected chi connectivity index (χ0v) is 11.5. The van der Waals surface area contributed by atoms with Gasteiger partial charge in [-0.25, -0.2) is 4.98 Å². The van der Waals surface area contributed by atoms with Gasteiger partial charge in [-0.1, -0.05) is 41.9 Å². The highest BCUT2D eigenvalue weighted by atomic mass is 35.5. The summed E-state index contributed by atoms with van der Waals surface area (Å²) >= 11 is 6.12. The van der Waals surface area contributed by atoms with E-state index in [1.165, 1.54) is 5.56 Å². The molecule has 0 fully saturated rings. The fourth-order valence-corrected chi connectivity index (χ4v) is 2.38. The summed E-state index contributed by atoms with van der Waals surface area (Å²) in [6, 6.07) is 10.2. The van der Waals surface area contributed by atoms with Crippen molar-refractivity contribution in [2.45, 2.75) is 20.3 Å². The Hall–Kier alpha value is -1.94. The number of fused-ring (bicyclic) bond motifs is 1. The van der Waals surface area contributed by atoms with Gasteiger partial charge in [-0.15, -0.1) is 10.2 Å². The molecule has 0 aliphatic rings. The van der Waals surface area contributed by atoms with E-state index in [1.54, 1.807) is 0 Å². The molecule has 96 valence electrons. The molecule has 0 unspecified atom stereocenters. The Morgan fingerprint density at radius 3 is 2.58 bits per heavy atom. The number of hydrogen-bond donors (Lipinski definition) is 0. The van der Waals surface area contributed by atoms with E-state index in [4.69, 9.17) is 11.6 Å². The third-order valence-electron chi connectivity index (χ3n) is 3.24. The Morgan fingerprint density at radius 1 is 1.11 bits per heavy atom. The van der Waals surface area contributed by atoms with Gasteiger partial charge in [0.1, 0.15) is 5.82 Å². The lowest BCUT2D eigenvalue weighted by Gasteiger charge is -2.07. The van der Waals surface area contributed by atoms with E-state index in [1.807, 2.05) is 36.4 Å². The van der Waals surface area contributed by atoms with Gasteiger partial charge in [0.15, 0.2) is 10.8 Å². The van der Waals surface area contributed by atoms with Crippen LogP contribution in [0.1, 0.15) is 22.8 Å². The molecule has 0 aliphatic heterocycles. The van der Waals surface area contributed by atoms with Crippen LogP contribution in [0.2, 0.25) is 5.15 Å². The van der Waals surface area contributed by atoms with Crippen molar-refractivity contribution in [2.75, 3.05) is 0 Å². The van der Waals surface area contributed by atoms with Crippen molar-refractivity contribution in [3.63, 3.8) is 0 Å². The lowest BCUT2D eigenvalue weighted by Crippen LogP contribution is -2.03. The highest BCUT2D eigenvalue weighted by Crippen LogP contribution is 2.19. The Bertz CT molecular complexity index is 734. The largest absolute Gasteiger partial charge is 0.279 e. The number of rotatable bonds is 2. The molecule has 0 amide bonds. The van der Waals surface area contributed by atoms with Crippen LogP contribution >= 0.6 is 11.6 Å². The first kappa shape index (κ1) is 12.1. The van der Waals surface area contributed by atoms with Crippen LogP contribution in [0.15, 0.2) is 30.3 Å². The molecular formula is C14H13ClN4. The minimum Gasteiger partial charge on any atom is -0.279 e. The summed E-state index contributed by atoms with van der Waals surface area (Å²) in [4.78, 5) is 4.26. The molecule has 2 heterocycles. The molecule has 0 radical (unpaired) electrons. The first-order valence-corrected chi connectivity index (χ1v) is 6.45. The predicted molar refractivity (Wildman–Crippen MR) is 74.5 cm³/mol. The van der Waals surface area contributed by atoms with Gasteiger partial charge in [-0.2, -0.15) is 0 Å². The van der Waals surface area contributed by atoms with Crippen molar-refractivity contribution < 1.29 is 0 Å². The minimum atomic E-state index is 0.398. The van der Waals surface area contributed by atoms with Gasteiger partial charge >= 0.3 is 0 Å². The van der Waals surface area contributed by atoms with Crippen LogP contribution < -0.4 is 0 Å². The van der Waals surface area contributed by atoms with Gasteiger partial charge in [0.2, 0.25) is 0 Å². The van der Waals surface area contributed by atoms with Gasteiger partial charge < -0.3 is 0 Å². The van der Waals surface area contributed by atoms with Crippen molar-refractivity contribution in [3.05, 3.63) is 58.3 Å². The molecule has 0 atom stereocenters. The van der Waals surface area contributed by atoms with Crippen LogP contribution in [0.4, 0.5) is 0 Å². The standard InChI is InChI=1S/C14H13ClN4/c1-9-10(2)19-12(8-11-6-4-3-5-7-11)17-18-14(19)13(15)16-9/h3-7H,8H2,1-2H3. The Balaban J connectivity index is 2.15. The Labute approximate surface area is 116 Å². The maximum absolute atomic E-state index is 6.12. The van der Waals surface area contributed by atoms with Crippen molar-refractivity contribution in [3.8, 4) is 0 Å². The lowest BCUT2D eigenvalue weighted by atomic mass is 10.1. The summed E-state index contributed by atoms with van der Waals surface area (Å²) in [6.45, 7) is 3.94. The number of benzene rings is 1. The molecule has 0 bridgehead atoms. The second-order valence-corrected chi connectivity index (χ2v) is 4.87.